The van der Waals surface area contributed by atoms with Crippen molar-refractivity contribution in [3.63, 3.8) is 0 Å². The second-order valence-electron chi connectivity index (χ2n) is 2.18. The maximum Gasteiger partial charge on any atom is 0.234 e. The Labute approximate surface area is 63.2 Å². The molecule has 11 heavy (non-hydrogen) atoms. The number of fused-ring (bicyclic) bond motifs is 1. The summed E-state index contributed by atoms with van der Waals surface area (Å²) in [4.78, 5) is 10.4. The Hall–Kier alpha value is -1.64. The summed E-state index contributed by atoms with van der Waals surface area (Å²) in [5.74, 6) is 0. The average molecular weight is 145 g/mol. The van der Waals surface area contributed by atoms with Crippen LogP contribution in [0.25, 0.3) is 10.9 Å². The van der Waals surface area contributed by atoms with Gasteiger partial charge in [0.2, 0.25) is 6.41 Å². The van der Waals surface area contributed by atoms with Gasteiger partial charge in [0.05, 0.1) is 11.7 Å². The van der Waals surface area contributed by atoms with E-state index >= 15 is 0 Å². The molecule has 1 aromatic heterocycles. The minimum absolute atomic E-state index is 0.677. The standard InChI is InChI=1S/C8H5N2O/c11-6-10-8-4-2-1-3-7(8)5-9-10/h1,3-6H. The Kier molecular flexibility index (Phi) is 1.22. The minimum atomic E-state index is 0.677. The van der Waals surface area contributed by atoms with E-state index in [1.54, 1.807) is 18.3 Å². The average Bonchev–Trinajstić information content (AvgIpc) is 2.47. The van der Waals surface area contributed by atoms with Gasteiger partial charge in [-0.15, -0.1) is 0 Å². The summed E-state index contributed by atoms with van der Waals surface area (Å²) in [5.41, 5.74) is 0.794. The molecule has 0 spiro atoms. The van der Waals surface area contributed by atoms with Gasteiger partial charge in [0.1, 0.15) is 0 Å². The van der Waals surface area contributed by atoms with Gasteiger partial charge in [0.25, 0.3) is 0 Å². The van der Waals surface area contributed by atoms with Crippen molar-refractivity contribution >= 4 is 17.3 Å². The summed E-state index contributed by atoms with van der Waals surface area (Å²) in [5, 5.41) is 4.80. The van der Waals surface area contributed by atoms with E-state index in [-0.39, 0.29) is 0 Å². The molecule has 0 fully saturated rings. The number of hydrogen-bond donors (Lipinski definition) is 0. The van der Waals surface area contributed by atoms with Crippen LogP contribution in [0.2, 0.25) is 0 Å². The fraction of sp³-hybridized carbons (Fsp3) is 0. The smallest absolute Gasteiger partial charge is 0.234 e. The first-order chi connectivity index (χ1) is 5.42. The van der Waals surface area contributed by atoms with Crippen LogP contribution < -0.4 is 0 Å². The van der Waals surface area contributed by atoms with E-state index in [1.165, 1.54) is 4.68 Å². The zero-order chi connectivity index (χ0) is 7.68. The zero-order valence-electron chi connectivity index (χ0n) is 5.69. The van der Waals surface area contributed by atoms with Gasteiger partial charge in [-0.1, -0.05) is 12.1 Å². The second kappa shape index (κ2) is 2.20. The first-order valence-electron chi connectivity index (χ1n) is 3.20. The predicted octanol–water partition coefficient (Wildman–Crippen LogP) is 0.875. The van der Waals surface area contributed by atoms with Crippen LogP contribution >= 0.6 is 0 Å². The van der Waals surface area contributed by atoms with Gasteiger partial charge in [-0.2, -0.15) is 5.10 Å². The Morgan fingerprint density at radius 1 is 1.64 bits per heavy atom. The minimum Gasteiger partial charge on any atom is -0.276 e. The molecular weight excluding hydrogens is 140 g/mol. The molecule has 0 saturated carbocycles. The third kappa shape index (κ3) is 0.816. The van der Waals surface area contributed by atoms with Crippen molar-refractivity contribution in [1.29, 1.82) is 0 Å². The molecule has 2 aromatic rings. The molecule has 0 N–H and O–H groups in total. The van der Waals surface area contributed by atoms with Gasteiger partial charge in [-0.3, -0.25) is 4.79 Å². The van der Waals surface area contributed by atoms with Crippen LogP contribution in [0.15, 0.2) is 24.4 Å². The van der Waals surface area contributed by atoms with Crippen LogP contribution in [0, 0.1) is 6.07 Å². The zero-order valence-corrected chi connectivity index (χ0v) is 5.69. The SMILES string of the molecule is O=Cn1ncc2cc[c]cc21. The summed E-state index contributed by atoms with van der Waals surface area (Å²) in [6.45, 7) is 0. The van der Waals surface area contributed by atoms with Crippen LogP contribution in [0.1, 0.15) is 0 Å². The van der Waals surface area contributed by atoms with Crippen molar-refractivity contribution in [1.82, 2.24) is 9.78 Å². The molecule has 0 amide bonds. The highest BCUT2D eigenvalue weighted by Gasteiger charge is 1.97. The molecule has 53 valence electrons. The Balaban J connectivity index is 2.86. The molecule has 0 saturated heterocycles. The molecule has 1 heterocycles. The quantitative estimate of drug-likeness (QED) is 0.558. The van der Waals surface area contributed by atoms with Gasteiger partial charge in [-0.05, 0) is 12.1 Å². The Bertz CT molecular complexity index is 392. The van der Waals surface area contributed by atoms with Crippen LogP contribution in [-0.2, 0) is 4.79 Å². The van der Waals surface area contributed by atoms with Gasteiger partial charge < -0.3 is 0 Å². The Morgan fingerprint density at radius 2 is 2.55 bits per heavy atom. The van der Waals surface area contributed by atoms with E-state index in [0.717, 1.165) is 10.9 Å². The summed E-state index contributed by atoms with van der Waals surface area (Å²) in [7, 11) is 0. The number of hydrogen-bond acceptors (Lipinski definition) is 2. The second-order valence-corrected chi connectivity index (χ2v) is 2.18. The van der Waals surface area contributed by atoms with Crippen molar-refractivity contribution in [3.8, 4) is 0 Å². The molecule has 1 aromatic carbocycles. The van der Waals surface area contributed by atoms with E-state index in [1.807, 2.05) is 6.07 Å². The molecule has 1 radical (unpaired) electrons. The normalized spacial score (nSPS) is 10.2. The molecule has 0 atom stereocenters. The molecular formula is C8H5N2O. The highest BCUT2D eigenvalue weighted by Crippen LogP contribution is 2.09. The van der Waals surface area contributed by atoms with E-state index in [4.69, 9.17) is 0 Å². The molecule has 0 unspecified atom stereocenters. The lowest BCUT2D eigenvalue weighted by molar-refractivity contribution is 0.542. The van der Waals surface area contributed by atoms with Crippen molar-refractivity contribution < 1.29 is 4.79 Å². The van der Waals surface area contributed by atoms with E-state index in [0.29, 0.717) is 6.41 Å². The number of benzene rings is 1. The van der Waals surface area contributed by atoms with Gasteiger partial charge in [0.15, 0.2) is 0 Å². The topological polar surface area (TPSA) is 34.9 Å². The third-order valence-electron chi connectivity index (χ3n) is 1.54. The largest absolute Gasteiger partial charge is 0.276 e. The van der Waals surface area contributed by atoms with Crippen molar-refractivity contribution in [2.75, 3.05) is 0 Å². The van der Waals surface area contributed by atoms with E-state index in [2.05, 4.69) is 11.2 Å². The first-order valence-corrected chi connectivity index (χ1v) is 3.20. The molecule has 0 bridgehead atoms. The molecule has 0 aliphatic heterocycles. The van der Waals surface area contributed by atoms with Gasteiger partial charge in [-0.25, -0.2) is 4.68 Å². The van der Waals surface area contributed by atoms with Crippen molar-refractivity contribution in [2.24, 2.45) is 0 Å². The Morgan fingerprint density at radius 3 is 3.36 bits per heavy atom. The first kappa shape index (κ1) is 6.09. The lowest BCUT2D eigenvalue weighted by Crippen LogP contribution is -1.94. The highest BCUT2D eigenvalue weighted by molar-refractivity contribution is 5.83. The molecule has 3 heteroatoms. The van der Waals surface area contributed by atoms with E-state index < -0.39 is 0 Å². The molecule has 3 nitrogen and oxygen atoms in total. The lowest BCUT2D eigenvalue weighted by Gasteiger charge is -1.88. The predicted molar refractivity (Wildman–Crippen MR) is 40.7 cm³/mol. The molecule has 0 aliphatic rings. The van der Waals surface area contributed by atoms with Gasteiger partial charge >= 0.3 is 0 Å². The van der Waals surface area contributed by atoms with Crippen LogP contribution in [0.3, 0.4) is 0 Å². The summed E-state index contributed by atoms with van der Waals surface area (Å²) < 4.78 is 1.28. The number of carbonyl (C=O) groups excluding carboxylic acids is 1. The maximum absolute atomic E-state index is 10.4. The summed E-state index contributed by atoms with van der Waals surface area (Å²) in [6, 6.07) is 8.26. The highest BCUT2D eigenvalue weighted by atomic mass is 16.1. The number of aromatic nitrogens is 2. The third-order valence-corrected chi connectivity index (χ3v) is 1.54. The summed E-state index contributed by atoms with van der Waals surface area (Å²) in [6.07, 6.45) is 2.33. The monoisotopic (exact) mass is 145 g/mol. The summed E-state index contributed by atoms with van der Waals surface area (Å²) >= 11 is 0. The van der Waals surface area contributed by atoms with Crippen molar-refractivity contribution in [3.05, 3.63) is 30.5 Å². The van der Waals surface area contributed by atoms with E-state index in [9.17, 15) is 4.79 Å². The molecule has 0 aliphatic carbocycles. The van der Waals surface area contributed by atoms with Crippen LogP contribution in [-0.4, -0.2) is 16.2 Å². The fourth-order valence-electron chi connectivity index (χ4n) is 1.01. The molecule has 2 rings (SSSR count). The van der Waals surface area contributed by atoms with Crippen molar-refractivity contribution in [2.45, 2.75) is 0 Å². The van der Waals surface area contributed by atoms with Crippen LogP contribution in [0.5, 0.6) is 0 Å². The fourth-order valence-corrected chi connectivity index (χ4v) is 1.01. The van der Waals surface area contributed by atoms with Crippen LogP contribution in [0.4, 0.5) is 0 Å². The number of nitrogens with zero attached hydrogens (tertiary/aromatic N) is 2. The number of carbonyl (C=O) groups is 1. The number of rotatable bonds is 1. The lowest BCUT2D eigenvalue weighted by atomic mass is 10.3. The maximum atomic E-state index is 10.4. The van der Waals surface area contributed by atoms with Gasteiger partial charge in [0, 0.05) is 5.39 Å².